The summed E-state index contributed by atoms with van der Waals surface area (Å²) in [6.45, 7) is 21.7. The molecule has 292 valence electrons. The highest BCUT2D eigenvalue weighted by Crippen LogP contribution is 2.67. The molecule has 0 aromatic heterocycles. The molecular formula is C42H77Cl2N3O3. The number of nitrogens with zero attached hydrogens (tertiary/aromatic N) is 1. The molecule has 4 aliphatic carbocycles. The van der Waals surface area contributed by atoms with Gasteiger partial charge >= 0.3 is 5.97 Å². The number of esters is 1. The number of halogens is 2. The first-order valence-corrected chi connectivity index (χ1v) is 20.1. The molecule has 0 saturated heterocycles. The Balaban J connectivity index is 0.00000433. The third-order valence-electron chi connectivity index (χ3n) is 13.7. The Kier molecular flexibility index (Phi) is 16.8. The van der Waals surface area contributed by atoms with Gasteiger partial charge in [0, 0.05) is 37.0 Å². The topological polar surface area (TPSA) is 98.7 Å². The van der Waals surface area contributed by atoms with Crippen LogP contribution in [0.15, 0.2) is 11.6 Å². The van der Waals surface area contributed by atoms with Gasteiger partial charge in [-0.1, -0.05) is 65.5 Å². The quantitative estimate of drug-likeness (QED) is 0.121. The summed E-state index contributed by atoms with van der Waals surface area (Å²) in [7, 11) is 0. The molecule has 50 heavy (non-hydrogen) atoms. The van der Waals surface area contributed by atoms with Gasteiger partial charge in [-0.3, -0.25) is 9.59 Å². The third-order valence-corrected chi connectivity index (χ3v) is 13.7. The van der Waals surface area contributed by atoms with Crippen LogP contribution in [0, 0.1) is 46.3 Å². The van der Waals surface area contributed by atoms with Gasteiger partial charge in [-0.2, -0.15) is 0 Å². The molecule has 6 nitrogen and oxygen atoms in total. The zero-order chi connectivity index (χ0) is 35.5. The Morgan fingerprint density at radius 1 is 0.880 bits per heavy atom. The molecule has 4 rings (SSSR count). The lowest BCUT2D eigenvalue weighted by molar-refractivity contribution is -0.153. The van der Waals surface area contributed by atoms with Crippen LogP contribution in [-0.4, -0.2) is 47.0 Å². The number of fused-ring (bicyclic) bond motifs is 5. The molecule has 0 aliphatic heterocycles. The highest BCUT2D eigenvalue weighted by Gasteiger charge is 2.59. The van der Waals surface area contributed by atoms with E-state index in [1.54, 1.807) is 5.57 Å². The highest BCUT2D eigenvalue weighted by atomic mass is 35.5. The van der Waals surface area contributed by atoms with Crippen molar-refractivity contribution in [3.8, 4) is 0 Å². The number of rotatable bonds is 16. The van der Waals surface area contributed by atoms with Crippen LogP contribution in [-0.2, 0) is 14.3 Å². The standard InChI is InChI=1S/C42H75N3O3.2ClH/c1-29(2)12-10-13-30(3)34-16-17-35-33-15-14-31-28-32(20-23-41(31,8)36(33)21-24-42(34,35)9)48-38(47)19-18-37(46)45(27-25-40(6,7)44)26-11-22-39(4,5)43;;/h14,29-30,32-36H,10-13,15-28,43-44H2,1-9H3;2*1H. The monoisotopic (exact) mass is 742 g/mol. The minimum Gasteiger partial charge on any atom is -0.462 e. The summed E-state index contributed by atoms with van der Waals surface area (Å²) in [5.41, 5.74) is 14.1. The second-order valence-corrected chi connectivity index (χ2v) is 19.4. The van der Waals surface area contributed by atoms with Crippen LogP contribution in [0.4, 0.5) is 0 Å². The van der Waals surface area contributed by atoms with Gasteiger partial charge in [0.05, 0.1) is 6.42 Å². The largest absolute Gasteiger partial charge is 0.462 e. The van der Waals surface area contributed by atoms with Gasteiger partial charge < -0.3 is 21.1 Å². The molecule has 0 aromatic rings. The van der Waals surface area contributed by atoms with E-state index in [9.17, 15) is 9.59 Å². The fourth-order valence-corrected chi connectivity index (χ4v) is 10.9. The lowest BCUT2D eigenvalue weighted by Crippen LogP contribution is -2.51. The van der Waals surface area contributed by atoms with Crippen molar-refractivity contribution in [2.45, 2.75) is 182 Å². The van der Waals surface area contributed by atoms with Crippen molar-refractivity contribution in [2.75, 3.05) is 13.1 Å². The first kappa shape index (κ1) is 45.3. The van der Waals surface area contributed by atoms with E-state index in [1.165, 1.54) is 51.4 Å². The van der Waals surface area contributed by atoms with Gasteiger partial charge in [0.1, 0.15) is 6.10 Å². The maximum Gasteiger partial charge on any atom is 0.306 e. The molecular weight excluding hydrogens is 665 g/mol. The van der Waals surface area contributed by atoms with Gasteiger partial charge in [-0.25, -0.2) is 0 Å². The highest BCUT2D eigenvalue weighted by molar-refractivity contribution is 5.85. The maximum atomic E-state index is 13.2. The van der Waals surface area contributed by atoms with Crippen molar-refractivity contribution in [1.82, 2.24) is 4.90 Å². The molecule has 0 radical (unpaired) electrons. The van der Waals surface area contributed by atoms with Gasteiger partial charge in [-0.05, 0) is 138 Å². The number of nitrogens with two attached hydrogens (primary N) is 2. The number of carbonyl (C=O) groups excluding carboxylic acids is 2. The SMILES string of the molecule is CC(C)CCCC(C)C1CCC2C3CC=C4CC(OC(=O)CCC(=O)N(CCCC(C)(C)N)CCC(C)(C)N)CCC4(C)C3CCC12C.Cl.Cl. The van der Waals surface area contributed by atoms with E-state index in [-0.39, 0.29) is 72.1 Å². The van der Waals surface area contributed by atoms with Crippen molar-refractivity contribution in [3.63, 3.8) is 0 Å². The number of hydrogen-bond donors (Lipinski definition) is 2. The van der Waals surface area contributed by atoms with Crippen LogP contribution >= 0.6 is 24.8 Å². The zero-order valence-corrected chi connectivity index (χ0v) is 35.1. The summed E-state index contributed by atoms with van der Waals surface area (Å²) in [5, 5.41) is 0. The molecule has 8 heteroatoms. The van der Waals surface area contributed by atoms with Crippen molar-refractivity contribution in [1.29, 1.82) is 0 Å². The molecule has 8 unspecified atom stereocenters. The molecule has 3 fully saturated rings. The van der Waals surface area contributed by atoms with Crippen molar-refractivity contribution in [3.05, 3.63) is 11.6 Å². The van der Waals surface area contributed by atoms with E-state index in [0.717, 1.165) is 67.6 Å². The van der Waals surface area contributed by atoms with Crippen LogP contribution in [0.2, 0.25) is 0 Å². The van der Waals surface area contributed by atoms with Gasteiger partial charge in [0.25, 0.3) is 0 Å². The Labute approximate surface area is 319 Å². The summed E-state index contributed by atoms with van der Waals surface area (Å²) in [6.07, 6.45) is 19.0. The Morgan fingerprint density at radius 3 is 2.20 bits per heavy atom. The Bertz CT molecular complexity index is 1130. The first-order chi connectivity index (χ1) is 22.3. The number of hydrogen-bond acceptors (Lipinski definition) is 5. The fourth-order valence-electron chi connectivity index (χ4n) is 10.9. The molecule has 4 N–H and O–H groups in total. The van der Waals surface area contributed by atoms with Crippen molar-refractivity contribution < 1.29 is 14.3 Å². The van der Waals surface area contributed by atoms with Crippen LogP contribution in [0.5, 0.6) is 0 Å². The minimum atomic E-state index is -0.351. The third kappa shape index (κ3) is 11.6. The van der Waals surface area contributed by atoms with E-state index in [1.807, 2.05) is 32.6 Å². The summed E-state index contributed by atoms with van der Waals surface area (Å²) < 4.78 is 6.08. The predicted octanol–water partition coefficient (Wildman–Crippen LogP) is 10.0. The first-order valence-electron chi connectivity index (χ1n) is 20.1. The van der Waals surface area contributed by atoms with Crippen LogP contribution in [0.25, 0.3) is 0 Å². The van der Waals surface area contributed by atoms with Crippen LogP contribution in [0.3, 0.4) is 0 Å². The summed E-state index contributed by atoms with van der Waals surface area (Å²) in [4.78, 5) is 28.2. The molecule has 0 spiro atoms. The average molecular weight is 743 g/mol. The van der Waals surface area contributed by atoms with E-state index < -0.39 is 0 Å². The molecule has 4 aliphatic rings. The summed E-state index contributed by atoms with van der Waals surface area (Å²) in [5.74, 6) is 4.72. The minimum absolute atomic E-state index is 0. The van der Waals surface area contributed by atoms with Gasteiger partial charge in [-0.15, -0.1) is 24.8 Å². The zero-order valence-electron chi connectivity index (χ0n) is 33.5. The average Bonchev–Trinajstić information content (AvgIpc) is 3.34. The number of carbonyl (C=O) groups is 2. The number of amides is 1. The van der Waals surface area contributed by atoms with Crippen LogP contribution < -0.4 is 11.5 Å². The summed E-state index contributed by atoms with van der Waals surface area (Å²) >= 11 is 0. The second-order valence-electron chi connectivity index (χ2n) is 19.4. The number of ether oxygens (including phenoxy) is 1. The lowest BCUT2D eigenvalue weighted by Gasteiger charge is -2.58. The maximum absolute atomic E-state index is 13.2. The van der Waals surface area contributed by atoms with E-state index in [2.05, 4.69) is 40.7 Å². The van der Waals surface area contributed by atoms with E-state index in [0.29, 0.717) is 24.9 Å². The lowest BCUT2D eigenvalue weighted by atomic mass is 9.47. The van der Waals surface area contributed by atoms with Crippen molar-refractivity contribution >= 4 is 36.7 Å². The molecule has 0 bridgehead atoms. The fraction of sp³-hybridized carbons (Fsp3) is 0.905. The van der Waals surface area contributed by atoms with Crippen molar-refractivity contribution in [2.24, 2.45) is 57.8 Å². The van der Waals surface area contributed by atoms with E-state index in [4.69, 9.17) is 16.2 Å². The van der Waals surface area contributed by atoms with E-state index >= 15 is 0 Å². The Hall–Kier alpha value is -0.820. The van der Waals surface area contributed by atoms with Crippen LogP contribution in [0.1, 0.15) is 165 Å². The van der Waals surface area contributed by atoms with Gasteiger partial charge in [0.2, 0.25) is 5.91 Å². The molecule has 0 heterocycles. The Morgan fingerprint density at radius 2 is 1.56 bits per heavy atom. The molecule has 1 amide bonds. The normalized spacial score (nSPS) is 31.3. The molecule has 8 atom stereocenters. The van der Waals surface area contributed by atoms with Gasteiger partial charge in [0.15, 0.2) is 0 Å². The second kappa shape index (κ2) is 18.5. The smallest absolute Gasteiger partial charge is 0.306 e. The predicted molar refractivity (Wildman–Crippen MR) is 214 cm³/mol. The summed E-state index contributed by atoms with van der Waals surface area (Å²) in [6, 6.07) is 0. The number of allylic oxidation sites excluding steroid dienone is 1. The molecule has 3 saturated carbocycles. The molecule has 0 aromatic carbocycles.